The Morgan fingerprint density at radius 1 is 0.914 bits per heavy atom. The molecule has 10 heteroatoms. The van der Waals surface area contributed by atoms with E-state index < -0.39 is 11.8 Å². The van der Waals surface area contributed by atoms with E-state index in [9.17, 15) is 14.4 Å². The Morgan fingerprint density at radius 2 is 1.60 bits per heavy atom. The van der Waals surface area contributed by atoms with Gasteiger partial charge in [-0.15, -0.1) is 0 Å². The SMILES string of the molecule is COc1ccc(NC(=O)COc2ccc(/C=N\NC(=O)C(=O)Nc3ccc(Cl)cc3C)cc2)cc1. The number of hydrogen-bond donors (Lipinski definition) is 3. The van der Waals surface area contributed by atoms with E-state index in [1.165, 1.54) is 6.21 Å². The Balaban J connectivity index is 1.43. The Bertz CT molecular complexity index is 1230. The standard InChI is InChI=1S/C25H23ClN4O5/c1-16-13-18(26)5-12-22(16)29-24(32)25(33)30-27-14-17-3-8-21(9-4-17)35-15-23(31)28-19-6-10-20(34-2)11-7-19/h3-14H,15H2,1-2H3,(H,28,31)(H,29,32)(H,30,33)/b27-14-. The van der Waals surface area contributed by atoms with Crippen molar-refractivity contribution in [3.63, 3.8) is 0 Å². The number of methoxy groups -OCH3 is 1. The molecule has 0 aliphatic rings. The number of rotatable bonds is 8. The van der Waals surface area contributed by atoms with Gasteiger partial charge in [-0.3, -0.25) is 14.4 Å². The fraction of sp³-hybridized carbons (Fsp3) is 0.120. The predicted molar refractivity (Wildman–Crippen MR) is 134 cm³/mol. The van der Waals surface area contributed by atoms with E-state index in [1.807, 2.05) is 0 Å². The van der Waals surface area contributed by atoms with Gasteiger partial charge in [0.1, 0.15) is 11.5 Å². The largest absolute Gasteiger partial charge is 0.497 e. The van der Waals surface area contributed by atoms with Crippen LogP contribution in [0.2, 0.25) is 5.02 Å². The fourth-order valence-corrected chi connectivity index (χ4v) is 3.06. The lowest BCUT2D eigenvalue weighted by molar-refractivity contribution is -0.136. The number of benzene rings is 3. The van der Waals surface area contributed by atoms with Crippen molar-refractivity contribution in [2.45, 2.75) is 6.92 Å². The maximum Gasteiger partial charge on any atom is 0.329 e. The summed E-state index contributed by atoms with van der Waals surface area (Å²) in [5.74, 6) is -0.911. The molecule has 3 rings (SSSR count). The van der Waals surface area contributed by atoms with Crippen LogP contribution in [0, 0.1) is 6.92 Å². The second-order valence-electron chi connectivity index (χ2n) is 7.25. The topological polar surface area (TPSA) is 118 Å². The number of hydrazone groups is 1. The maximum atomic E-state index is 12.0. The van der Waals surface area contributed by atoms with Crippen molar-refractivity contribution < 1.29 is 23.9 Å². The summed E-state index contributed by atoms with van der Waals surface area (Å²) in [7, 11) is 1.57. The number of nitrogens with zero attached hydrogens (tertiary/aromatic N) is 1. The number of carbonyl (C=O) groups is 3. The first-order valence-electron chi connectivity index (χ1n) is 10.4. The van der Waals surface area contributed by atoms with Crippen LogP contribution in [0.5, 0.6) is 11.5 Å². The van der Waals surface area contributed by atoms with Gasteiger partial charge in [0.15, 0.2) is 6.61 Å². The summed E-state index contributed by atoms with van der Waals surface area (Å²) >= 11 is 5.88. The van der Waals surface area contributed by atoms with Gasteiger partial charge in [0.2, 0.25) is 0 Å². The Morgan fingerprint density at radius 3 is 2.26 bits per heavy atom. The van der Waals surface area contributed by atoms with Crippen LogP contribution in [0.3, 0.4) is 0 Å². The minimum Gasteiger partial charge on any atom is -0.497 e. The highest BCUT2D eigenvalue weighted by atomic mass is 35.5. The van der Waals surface area contributed by atoms with Gasteiger partial charge in [-0.2, -0.15) is 5.10 Å². The summed E-state index contributed by atoms with van der Waals surface area (Å²) < 4.78 is 10.6. The first kappa shape index (κ1) is 25.3. The monoisotopic (exact) mass is 494 g/mol. The van der Waals surface area contributed by atoms with Crippen LogP contribution in [0.25, 0.3) is 0 Å². The average Bonchev–Trinajstić information content (AvgIpc) is 2.85. The molecule has 3 aromatic rings. The van der Waals surface area contributed by atoms with Crippen molar-refractivity contribution in [2.24, 2.45) is 5.10 Å². The van der Waals surface area contributed by atoms with E-state index >= 15 is 0 Å². The molecule has 0 fully saturated rings. The van der Waals surface area contributed by atoms with Gasteiger partial charge in [0.25, 0.3) is 5.91 Å². The van der Waals surface area contributed by atoms with Crippen LogP contribution in [0.15, 0.2) is 71.8 Å². The van der Waals surface area contributed by atoms with Crippen molar-refractivity contribution in [3.05, 3.63) is 82.9 Å². The Labute approximate surface area is 207 Å². The zero-order chi connectivity index (χ0) is 25.2. The lowest BCUT2D eigenvalue weighted by Gasteiger charge is -2.08. The van der Waals surface area contributed by atoms with Crippen LogP contribution in [-0.4, -0.2) is 37.7 Å². The molecule has 0 saturated carbocycles. The maximum absolute atomic E-state index is 12.0. The summed E-state index contributed by atoms with van der Waals surface area (Å²) in [6, 6.07) is 18.5. The van der Waals surface area contributed by atoms with E-state index in [0.29, 0.717) is 33.5 Å². The Hall–Kier alpha value is -4.37. The van der Waals surface area contributed by atoms with Gasteiger partial charge in [0.05, 0.1) is 13.3 Å². The van der Waals surface area contributed by atoms with Crippen LogP contribution in [0.4, 0.5) is 11.4 Å². The average molecular weight is 495 g/mol. The molecule has 0 atom stereocenters. The molecule has 0 saturated heterocycles. The lowest BCUT2D eigenvalue weighted by atomic mass is 10.2. The van der Waals surface area contributed by atoms with Gasteiger partial charge < -0.3 is 20.1 Å². The number of carbonyl (C=O) groups excluding carboxylic acids is 3. The first-order valence-corrected chi connectivity index (χ1v) is 10.8. The second kappa shape index (κ2) is 12.2. The van der Waals surface area contributed by atoms with E-state index in [-0.39, 0.29) is 12.5 Å². The third-order valence-electron chi connectivity index (χ3n) is 4.65. The third-order valence-corrected chi connectivity index (χ3v) is 4.88. The molecule has 180 valence electrons. The molecular weight excluding hydrogens is 472 g/mol. The Kier molecular flexibility index (Phi) is 8.80. The van der Waals surface area contributed by atoms with Crippen molar-refractivity contribution in [3.8, 4) is 11.5 Å². The molecule has 0 aromatic heterocycles. The molecule has 0 spiro atoms. The van der Waals surface area contributed by atoms with Gasteiger partial charge >= 0.3 is 11.8 Å². The molecule has 3 N–H and O–H groups in total. The molecule has 0 radical (unpaired) electrons. The molecule has 9 nitrogen and oxygen atoms in total. The van der Waals surface area contributed by atoms with E-state index in [4.69, 9.17) is 21.1 Å². The second-order valence-corrected chi connectivity index (χ2v) is 7.68. The van der Waals surface area contributed by atoms with Crippen molar-refractivity contribution in [2.75, 3.05) is 24.4 Å². The number of ether oxygens (including phenoxy) is 2. The quantitative estimate of drug-likeness (QED) is 0.250. The molecule has 3 aromatic carbocycles. The van der Waals surface area contributed by atoms with Crippen molar-refractivity contribution in [1.82, 2.24) is 5.43 Å². The zero-order valence-electron chi connectivity index (χ0n) is 19.0. The van der Waals surface area contributed by atoms with Crippen molar-refractivity contribution >= 4 is 46.9 Å². The zero-order valence-corrected chi connectivity index (χ0v) is 19.8. The summed E-state index contributed by atoms with van der Waals surface area (Å²) in [5, 5.41) is 9.54. The van der Waals surface area contributed by atoms with Crippen molar-refractivity contribution in [1.29, 1.82) is 0 Å². The van der Waals surface area contributed by atoms with E-state index in [0.717, 1.165) is 5.56 Å². The third kappa shape index (κ3) is 7.86. The van der Waals surface area contributed by atoms with Crippen LogP contribution in [0.1, 0.15) is 11.1 Å². The summed E-state index contributed by atoms with van der Waals surface area (Å²) in [4.78, 5) is 36.0. The fourth-order valence-electron chi connectivity index (χ4n) is 2.83. The molecule has 0 unspecified atom stereocenters. The highest BCUT2D eigenvalue weighted by molar-refractivity contribution is 6.39. The normalized spacial score (nSPS) is 10.5. The first-order chi connectivity index (χ1) is 16.8. The number of hydrogen-bond acceptors (Lipinski definition) is 6. The molecule has 3 amide bonds. The molecular formula is C25H23ClN4O5. The van der Waals surface area contributed by atoms with Gasteiger partial charge in [-0.1, -0.05) is 11.6 Å². The van der Waals surface area contributed by atoms with E-state index in [2.05, 4.69) is 21.2 Å². The summed E-state index contributed by atoms with van der Waals surface area (Å²) in [5.41, 5.74) is 4.65. The predicted octanol–water partition coefficient (Wildman–Crippen LogP) is 3.76. The highest BCUT2D eigenvalue weighted by Crippen LogP contribution is 2.19. The molecule has 35 heavy (non-hydrogen) atoms. The lowest BCUT2D eigenvalue weighted by Crippen LogP contribution is -2.32. The number of aryl methyl sites for hydroxylation is 1. The van der Waals surface area contributed by atoms with Crippen LogP contribution >= 0.6 is 11.6 Å². The molecule has 0 bridgehead atoms. The van der Waals surface area contributed by atoms with E-state index in [1.54, 1.807) is 80.8 Å². The highest BCUT2D eigenvalue weighted by Gasteiger charge is 2.14. The van der Waals surface area contributed by atoms with Crippen LogP contribution in [-0.2, 0) is 14.4 Å². The summed E-state index contributed by atoms with van der Waals surface area (Å²) in [6.07, 6.45) is 1.37. The molecule has 0 aliphatic heterocycles. The number of nitrogens with one attached hydrogen (secondary N) is 3. The van der Waals surface area contributed by atoms with Crippen LogP contribution < -0.4 is 25.5 Å². The minimum atomic E-state index is -0.918. The van der Waals surface area contributed by atoms with Gasteiger partial charge in [-0.25, -0.2) is 5.43 Å². The van der Waals surface area contributed by atoms with Gasteiger partial charge in [0, 0.05) is 16.4 Å². The number of amides is 3. The number of anilines is 2. The smallest absolute Gasteiger partial charge is 0.329 e. The minimum absolute atomic E-state index is 0.169. The molecule has 0 aliphatic carbocycles. The summed E-state index contributed by atoms with van der Waals surface area (Å²) in [6.45, 7) is 1.59. The van der Waals surface area contributed by atoms with Gasteiger partial charge in [-0.05, 0) is 84.8 Å². The molecule has 0 heterocycles. The number of halogens is 1.